The van der Waals surface area contributed by atoms with Crippen LogP contribution in [0.15, 0.2) is 47.8 Å². The van der Waals surface area contributed by atoms with Gasteiger partial charge in [0.05, 0.1) is 17.6 Å². The summed E-state index contributed by atoms with van der Waals surface area (Å²) >= 11 is -2.90. The van der Waals surface area contributed by atoms with Crippen LogP contribution in [0, 0.1) is 0 Å². The van der Waals surface area contributed by atoms with E-state index in [-0.39, 0.29) is 16.9 Å². The smallest absolute Gasteiger partial charge is 0.456 e. The number of nitrogens with zero attached hydrogens (tertiary/aromatic N) is 4. The molecule has 0 radical (unpaired) electrons. The van der Waals surface area contributed by atoms with E-state index in [2.05, 4.69) is 19.8 Å². The number of hydrogen-bond donors (Lipinski definition) is 0. The fourth-order valence-electron chi connectivity index (χ4n) is 2.40. The molecule has 3 aromatic rings. The first-order valence-electron chi connectivity index (χ1n) is 8.45. The monoisotopic (exact) mass is 501 g/mol. The van der Waals surface area contributed by atoms with E-state index >= 15 is 0 Å². The van der Waals surface area contributed by atoms with E-state index in [0.717, 1.165) is 30.7 Å². The van der Waals surface area contributed by atoms with Gasteiger partial charge < -0.3 is 9.29 Å². The lowest BCUT2D eigenvalue weighted by Gasteiger charge is -2.19. The van der Waals surface area contributed by atoms with Crippen molar-refractivity contribution in [2.45, 2.75) is 23.2 Å². The highest BCUT2D eigenvalue weighted by molar-refractivity contribution is 7.79. The molecule has 0 aliphatic carbocycles. The number of alkyl halides is 8. The molecule has 0 fully saturated rings. The summed E-state index contributed by atoms with van der Waals surface area (Å²) in [6, 6.07) is 5.49. The first-order valence-corrected chi connectivity index (χ1v) is 9.53. The maximum atomic E-state index is 12.9. The molecule has 178 valence electrons. The van der Waals surface area contributed by atoms with Crippen molar-refractivity contribution in [2.24, 2.45) is 0 Å². The maximum absolute atomic E-state index is 12.9. The van der Waals surface area contributed by atoms with Gasteiger partial charge in [-0.15, -0.1) is 5.10 Å². The summed E-state index contributed by atoms with van der Waals surface area (Å²) in [5, 5.41) is 3.23. The Labute approximate surface area is 181 Å². The Morgan fingerprint density at radius 3 is 2.21 bits per heavy atom. The molecule has 0 N–H and O–H groups in total. The molecular weight excluding hydrogens is 492 g/mol. The molecule has 2 aromatic heterocycles. The fourth-order valence-corrected chi connectivity index (χ4v) is 2.97. The molecule has 0 aliphatic rings. The van der Waals surface area contributed by atoms with Crippen LogP contribution in [0.3, 0.4) is 0 Å². The van der Waals surface area contributed by atoms with Crippen LogP contribution in [0.5, 0.6) is 5.75 Å². The largest absolute Gasteiger partial charge is 0.768 e. The van der Waals surface area contributed by atoms with Gasteiger partial charge in [-0.1, -0.05) is 0 Å². The number of aromatic nitrogens is 4. The van der Waals surface area contributed by atoms with Gasteiger partial charge in [0.15, 0.2) is 6.61 Å². The maximum Gasteiger partial charge on any atom is 0.456 e. The highest BCUT2D eigenvalue weighted by atomic mass is 32.2. The summed E-state index contributed by atoms with van der Waals surface area (Å²) in [6.07, 6.45) is -9.08. The number of pyridine rings is 1. The molecule has 0 saturated heterocycles. The van der Waals surface area contributed by atoms with Crippen LogP contribution < -0.4 is 4.74 Å². The van der Waals surface area contributed by atoms with E-state index in [9.17, 15) is 43.9 Å². The minimum Gasteiger partial charge on any atom is -0.768 e. The molecule has 1 atom stereocenters. The van der Waals surface area contributed by atoms with Gasteiger partial charge in [0, 0.05) is 10.5 Å². The Morgan fingerprint density at radius 2 is 1.70 bits per heavy atom. The van der Waals surface area contributed by atoms with Crippen molar-refractivity contribution < 1.29 is 48.6 Å². The van der Waals surface area contributed by atoms with Gasteiger partial charge in [-0.05, 0) is 41.4 Å². The minimum absolute atomic E-state index is 0.0320. The molecule has 3 rings (SSSR count). The van der Waals surface area contributed by atoms with E-state index in [1.807, 2.05) is 0 Å². The Hall–Kier alpha value is -3.14. The molecule has 0 spiro atoms. The van der Waals surface area contributed by atoms with Crippen molar-refractivity contribution in [3.8, 4) is 22.7 Å². The van der Waals surface area contributed by atoms with E-state index in [1.165, 1.54) is 12.1 Å². The molecule has 0 amide bonds. The number of ether oxygens (including phenoxy) is 1. The van der Waals surface area contributed by atoms with Crippen LogP contribution in [-0.4, -0.2) is 47.2 Å². The molecule has 33 heavy (non-hydrogen) atoms. The predicted octanol–water partition coefficient (Wildman–Crippen LogP) is 4.16. The van der Waals surface area contributed by atoms with E-state index in [1.54, 1.807) is 0 Å². The zero-order valence-corrected chi connectivity index (χ0v) is 16.5. The Bertz CT molecular complexity index is 1160. The summed E-state index contributed by atoms with van der Waals surface area (Å²) in [5.41, 5.74) is -0.143. The lowest BCUT2D eigenvalue weighted by molar-refractivity contribution is -0.290. The highest BCUT2D eigenvalue weighted by Gasteiger charge is 2.58. The Morgan fingerprint density at radius 1 is 1.00 bits per heavy atom. The van der Waals surface area contributed by atoms with Crippen molar-refractivity contribution in [1.82, 2.24) is 19.7 Å². The third-order valence-electron chi connectivity index (χ3n) is 4.00. The van der Waals surface area contributed by atoms with Crippen LogP contribution >= 0.6 is 0 Å². The van der Waals surface area contributed by atoms with Gasteiger partial charge >= 0.3 is 18.3 Å². The Balaban J connectivity index is 1.86. The second kappa shape index (κ2) is 8.66. The molecule has 0 bridgehead atoms. The van der Waals surface area contributed by atoms with Crippen LogP contribution in [0.25, 0.3) is 16.9 Å². The summed E-state index contributed by atoms with van der Waals surface area (Å²) in [7, 11) is 0. The highest BCUT2D eigenvalue weighted by Crippen LogP contribution is 2.36. The predicted molar refractivity (Wildman–Crippen MR) is 93.3 cm³/mol. The summed E-state index contributed by atoms with van der Waals surface area (Å²) in [4.78, 5) is 6.49. The summed E-state index contributed by atoms with van der Waals surface area (Å²) in [6.45, 7) is -1.99. The zero-order valence-electron chi connectivity index (χ0n) is 15.7. The summed E-state index contributed by atoms with van der Waals surface area (Å²) < 4.78 is 129. The van der Waals surface area contributed by atoms with Crippen LogP contribution in [0.2, 0.25) is 0 Å². The lowest BCUT2D eigenvalue weighted by Crippen LogP contribution is -2.41. The second-order valence-electron chi connectivity index (χ2n) is 6.30. The van der Waals surface area contributed by atoms with E-state index in [0.29, 0.717) is 4.68 Å². The number of rotatable bonds is 6. The molecule has 0 aliphatic heterocycles. The normalized spacial score (nSPS) is 13.7. The van der Waals surface area contributed by atoms with Gasteiger partial charge in [-0.3, -0.25) is 9.19 Å². The van der Waals surface area contributed by atoms with E-state index in [4.69, 9.17) is 0 Å². The van der Waals surface area contributed by atoms with Gasteiger partial charge in [-0.2, -0.15) is 35.1 Å². The number of benzene rings is 1. The van der Waals surface area contributed by atoms with Crippen molar-refractivity contribution in [2.75, 3.05) is 6.61 Å². The average Bonchev–Trinajstić information content (AvgIpc) is 3.22. The topological polar surface area (TPSA) is 93.0 Å². The lowest BCUT2D eigenvalue weighted by atomic mass is 10.1. The Kier molecular flexibility index (Phi) is 6.43. The first kappa shape index (κ1) is 24.5. The molecule has 0 saturated carbocycles. The number of hydrogen-bond acceptors (Lipinski definition) is 6. The van der Waals surface area contributed by atoms with Gasteiger partial charge in [0.2, 0.25) is 0 Å². The molecule has 1 aromatic carbocycles. The van der Waals surface area contributed by atoms with Gasteiger partial charge in [0.25, 0.3) is 5.82 Å². The molecule has 7 nitrogen and oxygen atoms in total. The molecule has 2 heterocycles. The van der Waals surface area contributed by atoms with Gasteiger partial charge in [-0.25, -0.2) is 9.67 Å². The minimum atomic E-state index is -5.81. The number of halogens is 8. The van der Waals surface area contributed by atoms with Crippen molar-refractivity contribution >= 4 is 11.1 Å². The van der Waals surface area contributed by atoms with Crippen LogP contribution in [0.4, 0.5) is 35.1 Å². The standard InChI is InChI=1S/C17H10F8N4O3S/c18-15(19,17(23,24)25)7-32-10-2-4-12(26-6-10)11-3-1-9(5-13(11)33(30)31)29-8-27-14(28-29)16(20,21)22/h1-6,8H,7H2,(H,30,31)/p-1. The van der Waals surface area contributed by atoms with Crippen molar-refractivity contribution in [1.29, 1.82) is 0 Å². The second-order valence-corrected chi connectivity index (χ2v) is 7.20. The molecular formula is C17H9F8N4O3S-. The third-order valence-corrected chi connectivity index (χ3v) is 4.70. The zero-order chi connectivity index (χ0) is 24.6. The van der Waals surface area contributed by atoms with Gasteiger partial charge in [0.1, 0.15) is 12.1 Å². The fraction of sp³-hybridized carbons (Fsp3) is 0.235. The molecule has 16 heteroatoms. The van der Waals surface area contributed by atoms with Crippen molar-refractivity contribution in [3.05, 3.63) is 48.7 Å². The van der Waals surface area contributed by atoms with Crippen LogP contribution in [0.1, 0.15) is 5.82 Å². The van der Waals surface area contributed by atoms with Crippen LogP contribution in [-0.2, 0) is 17.3 Å². The van der Waals surface area contributed by atoms with E-state index < -0.39 is 52.4 Å². The first-order chi connectivity index (χ1) is 15.2. The third kappa shape index (κ3) is 5.44. The molecule has 1 unspecified atom stereocenters. The van der Waals surface area contributed by atoms with Crippen molar-refractivity contribution in [3.63, 3.8) is 0 Å². The quantitative estimate of drug-likeness (QED) is 0.372. The SMILES string of the molecule is O=S([O-])c1cc(-n2cnc(C(F)(F)F)n2)ccc1-c1ccc(OCC(F)(F)C(F)(F)F)cn1. The summed E-state index contributed by atoms with van der Waals surface area (Å²) in [5.74, 6) is -6.97. The average molecular weight is 501 g/mol.